The number of carbonyl (C=O) groups excluding carboxylic acids is 3. The molecule has 5 heterocycles. The van der Waals surface area contributed by atoms with E-state index in [0.29, 0.717) is 59.9 Å². The molecule has 2 spiro atoms. The smallest absolute Gasteiger partial charge is 0.273 e. The molecule has 3 aromatic rings. The summed E-state index contributed by atoms with van der Waals surface area (Å²) < 4.78 is 0. The van der Waals surface area contributed by atoms with Crippen LogP contribution >= 0.6 is 0 Å². The zero-order chi connectivity index (χ0) is 58.8. The molecule has 0 unspecified atom stereocenters. The molecule has 3 aromatic carbocycles. The van der Waals surface area contributed by atoms with Crippen LogP contribution in [-0.2, 0) is 14.4 Å². The van der Waals surface area contributed by atoms with Gasteiger partial charge in [0.2, 0.25) is 11.8 Å². The van der Waals surface area contributed by atoms with E-state index in [1.807, 2.05) is 6.34 Å². The van der Waals surface area contributed by atoms with Crippen LogP contribution in [0.1, 0.15) is 246 Å². The number of aliphatic imine (C=N–C) groups is 1. The lowest BCUT2D eigenvalue weighted by molar-refractivity contribution is -0.131. The first-order chi connectivity index (χ1) is 42.2. The molecule has 6 atom stereocenters. The second kappa shape index (κ2) is 29.0. The minimum Gasteiger partial charge on any atom is -0.368 e. The number of nitrogens with two attached hydrogens (primary N) is 1. The summed E-state index contributed by atoms with van der Waals surface area (Å²) in [6, 6.07) is 36.8. The lowest BCUT2D eigenvalue weighted by Gasteiger charge is -2.50. The molecular weight excluding hydrogens is 1060 g/mol. The van der Waals surface area contributed by atoms with Gasteiger partial charge >= 0.3 is 0 Å². The summed E-state index contributed by atoms with van der Waals surface area (Å²) >= 11 is 0. The van der Waals surface area contributed by atoms with Crippen LogP contribution in [0.5, 0.6) is 0 Å². The van der Waals surface area contributed by atoms with Gasteiger partial charge in [-0.25, -0.2) is 4.99 Å². The number of likely N-dealkylation sites (tertiary alicyclic amines) is 3. The predicted octanol–water partition coefficient (Wildman–Crippen LogP) is 13.0. The number of rotatable bonds is 11. The molecule has 0 bridgehead atoms. The van der Waals surface area contributed by atoms with E-state index in [4.69, 9.17) is 5.73 Å². The average molecular weight is 1170 g/mol. The fourth-order valence-electron chi connectivity index (χ4n) is 19.4. The predicted molar refractivity (Wildman–Crippen MR) is 348 cm³/mol. The quantitative estimate of drug-likeness (QED) is 0.172. The number of piperidine rings is 3. The highest BCUT2D eigenvalue weighted by atomic mass is 16.2. The molecule has 4 saturated heterocycles. The van der Waals surface area contributed by atoms with Crippen LogP contribution in [0.2, 0.25) is 0 Å². The standard InChI is InChI=1S/C25H37N3O.C25H35N3O.C24H37N3O/c2*29-24-25(28(19-26-24)21-11-5-2-6-12-21)15-17-27(18-16-25)23-14-8-7-13-22(23)20-9-3-1-4-10-20;25-23(28)24(26-20-11-5-2-6-12-20)15-17-27(18-16-24)22-14-8-7-13-21(22)19-9-3-1-4-10-19/h1,3-4,9-10,21-23H,2,5-8,11-19H2,(H,26,29);1,3-4,9-10,19,21-23H,2,5-8,11-18H2;1,3-4,9-10,20-22,26H,2,5-8,11-18H2,(H2,25,28)/t2*22-,23-;21-,22-/m000/s1. The Bertz CT molecular complexity index is 2560. The Hall–Kier alpha value is -4.46. The number of nitrogens with one attached hydrogen (secondary N) is 2. The lowest BCUT2D eigenvalue weighted by Crippen LogP contribution is -2.64. The molecule has 6 saturated carbocycles. The van der Waals surface area contributed by atoms with E-state index in [9.17, 15) is 14.4 Å². The van der Waals surface area contributed by atoms with Crippen LogP contribution in [0.3, 0.4) is 0 Å². The maximum absolute atomic E-state index is 13.0. The number of nitrogens with zero attached hydrogens (tertiary/aromatic N) is 6. The fourth-order valence-corrected chi connectivity index (χ4v) is 19.4. The van der Waals surface area contributed by atoms with Crippen molar-refractivity contribution < 1.29 is 14.4 Å². The number of hydrogen-bond donors (Lipinski definition) is 3. The second-order valence-corrected chi connectivity index (χ2v) is 28.9. The van der Waals surface area contributed by atoms with Crippen molar-refractivity contribution in [3.63, 3.8) is 0 Å². The van der Waals surface area contributed by atoms with E-state index >= 15 is 0 Å². The molecule has 3 amide bonds. The van der Waals surface area contributed by atoms with Crippen molar-refractivity contribution in [2.75, 3.05) is 45.9 Å². The Morgan fingerprint density at radius 2 is 0.826 bits per heavy atom. The van der Waals surface area contributed by atoms with Gasteiger partial charge in [0.05, 0.1) is 13.0 Å². The lowest BCUT2D eigenvalue weighted by atomic mass is 9.76. The first kappa shape index (κ1) is 61.8. The Labute approximate surface area is 518 Å². The van der Waals surface area contributed by atoms with Gasteiger partial charge in [-0.2, -0.15) is 0 Å². The fraction of sp³-hybridized carbons (Fsp3) is 0.703. The van der Waals surface area contributed by atoms with Crippen molar-refractivity contribution in [2.24, 2.45) is 10.7 Å². The Balaban J connectivity index is 0.000000126. The van der Waals surface area contributed by atoms with E-state index in [-0.39, 0.29) is 22.9 Å². The molecule has 5 aliphatic heterocycles. The summed E-state index contributed by atoms with van der Waals surface area (Å²) in [5, 5.41) is 6.96. The Morgan fingerprint density at radius 3 is 1.26 bits per heavy atom. The summed E-state index contributed by atoms with van der Waals surface area (Å²) in [5.74, 6) is 2.23. The van der Waals surface area contributed by atoms with Gasteiger partial charge in [0, 0.05) is 75.5 Å². The molecule has 12 nitrogen and oxygen atoms in total. The van der Waals surface area contributed by atoms with Crippen molar-refractivity contribution in [1.82, 2.24) is 35.1 Å². The third kappa shape index (κ3) is 13.7. The van der Waals surface area contributed by atoms with Crippen LogP contribution in [0.15, 0.2) is 96.0 Å². The van der Waals surface area contributed by atoms with Crippen LogP contribution in [-0.4, -0.2) is 147 Å². The minimum absolute atomic E-state index is 0.131. The normalized spacial score (nSPS) is 30.7. The molecule has 6 aliphatic carbocycles. The van der Waals surface area contributed by atoms with Crippen molar-refractivity contribution in [2.45, 2.75) is 283 Å². The molecule has 0 radical (unpaired) electrons. The minimum atomic E-state index is -0.491. The number of primary amides is 1. The largest absolute Gasteiger partial charge is 0.368 e. The van der Waals surface area contributed by atoms with Crippen LogP contribution in [0.25, 0.3) is 0 Å². The van der Waals surface area contributed by atoms with E-state index in [2.05, 4.69) is 131 Å². The molecule has 11 aliphatic rings. The number of benzene rings is 3. The van der Waals surface area contributed by atoms with E-state index in [0.717, 1.165) is 84.5 Å². The van der Waals surface area contributed by atoms with Crippen LogP contribution in [0.4, 0.5) is 0 Å². The van der Waals surface area contributed by atoms with Crippen LogP contribution in [0, 0.1) is 0 Å². The third-order valence-corrected chi connectivity index (χ3v) is 24.3. The second-order valence-electron chi connectivity index (χ2n) is 28.9. The summed E-state index contributed by atoms with van der Waals surface area (Å²) in [6.07, 6.45) is 42.6. The van der Waals surface area contributed by atoms with Crippen molar-refractivity contribution in [3.8, 4) is 0 Å². The Morgan fingerprint density at radius 1 is 0.453 bits per heavy atom. The molecule has 468 valence electrons. The Kier molecular flexibility index (Phi) is 20.8. The molecule has 12 heteroatoms. The van der Waals surface area contributed by atoms with E-state index in [1.54, 1.807) is 0 Å². The van der Waals surface area contributed by atoms with Gasteiger partial charge in [-0.1, -0.05) is 187 Å². The van der Waals surface area contributed by atoms with E-state index < -0.39 is 5.54 Å². The number of amides is 3. The SMILES string of the molecule is NC(=O)C1(NC2CCCCC2)CCN([C@H]2CCCC[C@H]2c2ccccc2)CC1.O=C1N=CN(C2CCCCC2)C12CCN([C@H]1CCCC[C@H]1c1ccccc1)CC2.O=C1NCN(C2CCCCC2)C12CCN([C@H]1CCCC[C@H]1c1ccccc1)CC2. The molecular formula is C74H109N9O3. The van der Waals surface area contributed by atoms with Crippen molar-refractivity contribution >= 4 is 24.1 Å². The maximum Gasteiger partial charge on any atom is 0.273 e. The average Bonchev–Trinajstić information content (AvgIpc) is 2.34. The first-order valence-electron chi connectivity index (χ1n) is 35.6. The summed E-state index contributed by atoms with van der Waals surface area (Å²) in [7, 11) is 0. The van der Waals surface area contributed by atoms with Gasteiger partial charge in [-0.05, 0) is 150 Å². The summed E-state index contributed by atoms with van der Waals surface area (Å²) in [5.41, 5.74) is 9.39. The highest BCUT2D eigenvalue weighted by Gasteiger charge is 2.54. The molecule has 14 rings (SSSR count). The molecule has 10 fully saturated rings. The van der Waals surface area contributed by atoms with Crippen molar-refractivity contribution in [3.05, 3.63) is 108 Å². The monoisotopic (exact) mass is 1170 g/mol. The van der Waals surface area contributed by atoms with Gasteiger partial charge < -0.3 is 21.3 Å². The molecule has 0 aromatic heterocycles. The van der Waals surface area contributed by atoms with Gasteiger partial charge in [-0.15, -0.1) is 0 Å². The van der Waals surface area contributed by atoms with Gasteiger partial charge in [0.1, 0.15) is 16.6 Å². The number of carbonyl (C=O) groups is 3. The van der Waals surface area contributed by atoms with Gasteiger partial charge in [0.15, 0.2) is 0 Å². The first-order valence-corrected chi connectivity index (χ1v) is 35.6. The highest BCUT2D eigenvalue weighted by Crippen LogP contribution is 2.45. The molecule has 4 N–H and O–H groups in total. The topological polar surface area (TPSA) is 130 Å². The zero-order valence-corrected chi connectivity index (χ0v) is 52.7. The third-order valence-electron chi connectivity index (χ3n) is 24.3. The maximum atomic E-state index is 13.0. The van der Waals surface area contributed by atoms with E-state index in [1.165, 1.54) is 190 Å². The summed E-state index contributed by atoms with van der Waals surface area (Å²) in [4.78, 5) is 55.8. The molecule has 86 heavy (non-hydrogen) atoms. The zero-order valence-electron chi connectivity index (χ0n) is 52.7. The van der Waals surface area contributed by atoms with Gasteiger partial charge in [0.25, 0.3) is 5.91 Å². The highest BCUT2D eigenvalue weighted by molar-refractivity contribution is 5.99. The van der Waals surface area contributed by atoms with Gasteiger partial charge in [-0.3, -0.25) is 34.0 Å². The number of hydrogen-bond acceptors (Lipinski definition) is 9. The van der Waals surface area contributed by atoms with Crippen molar-refractivity contribution in [1.29, 1.82) is 0 Å². The van der Waals surface area contributed by atoms with Crippen LogP contribution < -0.4 is 16.4 Å². The summed E-state index contributed by atoms with van der Waals surface area (Å²) in [6.45, 7) is 6.96.